The molecule has 1 atom stereocenters. The zero-order valence-corrected chi connectivity index (χ0v) is 12.7. The first-order valence-corrected chi connectivity index (χ1v) is 6.95. The molecule has 1 rings (SSSR count). The Morgan fingerprint density at radius 1 is 1.33 bits per heavy atom. The standard InChI is InChI=1S/C12H17N3O5S/c1-6-11(21-8(3)13-6)7(2)14-12(19)15-9(16)4-20-5-10(17)18/h7H,4-5H2,1-3H3,(H,17,18)(H2,14,15,16,19). The molecule has 0 aliphatic heterocycles. The molecule has 21 heavy (non-hydrogen) atoms. The largest absolute Gasteiger partial charge is 0.480 e. The summed E-state index contributed by atoms with van der Waals surface area (Å²) < 4.78 is 4.57. The molecule has 1 aromatic heterocycles. The molecular formula is C12H17N3O5S. The summed E-state index contributed by atoms with van der Waals surface area (Å²) in [6, 6.07) is -0.958. The van der Waals surface area contributed by atoms with E-state index in [0.717, 1.165) is 15.6 Å². The van der Waals surface area contributed by atoms with Gasteiger partial charge in [0.05, 0.1) is 16.7 Å². The van der Waals surface area contributed by atoms with Crippen molar-refractivity contribution in [1.82, 2.24) is 15.6 Å². The van der Waals surface area contributed by atoms with Gasteiger partial charge in [0.1, 0.15) is 13.2 Å². The number of rotatable bonds is 6. The highest BCUT2D eigenvalue weighted by Gasteiger charge is 2.16. The third-order valence-electron chi connectivity index (χ3n) is 2.39. The summed E-state index contributed by atoms with van der Waals surface area (Å²) in [6.45, 7) is 4.42. The first-order valence-electron chi connectivity index (χ1n) is 6.13. The second-order valence-electron chi connectivity index (χ2n) is 4.31. The summed E-state index contributed by atoms with van der Waals surface area (Å²) in [5, 5.41) is 13.9. The molecule has 0 fully saturated rings. The van der Waals surface area contributed by atoms with E-state index in [4.69, 9.17) is 5.11 Å². The zero-order chi connectivity index (χ0) is 16.0. The normalized spacial score (nSPS) is 11.8. The number of ether oxygens (including phenoxy) is 1. The van der Waals surface area contributed by atoms with Gasteiger partial charge in [0.25, 0.3) is 5.91 Å². The average Bonchev–Trinajstić information content (AvgIpc) is 2.67. The molecule has 0 spiro atoms. The van der Waals surface area contributed by atoms with Gasteiger partial charge in [-0.15, -0.1) is 11.3 Å². The van der Waals surface area contributed by atoms with Crippen molar-refractivity contribution < 1.29 is 24.2 Å². The van der Waals surface area contributed by atoms with Gasteiger partial charge in [-0.05, 0) is 20.8 Å². The van der Waals surface area contributed by atoms with Crippen LogP contribution in [-0.4, -0.2) is 41.2 Å². The van der Waals surface area contributed by atoms with Crippen LogP contribution in [0, 0.1) is 13.8 Å². The SMILES string of the molecule is Cc1nc(C)c(C(C)NC(=O)NC(=O)COCC(=O)O)s1. The summed E-state index contributed by atoms with van der Waals surface area (Å²) in [7, 11) is 0. The number of aromatic nitrogens is 1. The number of aryl methyl sites for hydroxylation is 2. The Morgan fingerprint density at radius 2 is 2.00 bits per heavy atom. The van der Waals surface area contributed by atoms with E-state index in [1.807, 2.05) is 13.8 Å². The number of hydrogen-bond acceptors (Lipinski definition) is 6. The minimum atomic E-state index is -1.18. The highest BCUT2D eigenvalue weighted by molar-refractivity contribution is 7.11. The third kappa shape index (κ3) is 5.88. The van der Waals surface area contributed by atoms with Crippen LogP contribution in [0.15, 0.2) is 0 Å². The maximum absolute atomic E-state index is 11.6. The van der Waals surface area contributed by atoms with E-state index in [1.54, 1.807) is 6.92 Å². The molecule has 0 aliphatic rings. The number of nitrogens with zero attached hydrogens (tertiary/aromatic N) is 1. The summed E-state index contributed by atoms with van der Waals surface area (Å²) in [6.07, 6.45) is 0. The molecule has 0 bridgehead atoms. The van der Waals surface area contributed by atoms with Crippen molar-refractivity contribution in [3.8, 4) is 0 Å². The number of carboxylic acid groups (broad SMARTS) is 1. The van der Waals surface area contributed by atoms with Crippen LogP contribution in [0.1, 0.15) is 28.5 Å². The number of thiazole rings is 1. The third-order valence-corrected chi connectivity index (χ3v) is 3.65. The Balaban J connectivity index is 2.41. The van der Waals surface area contributed by atoms with Crippen LogP contribution in [-0.2, 0) is 14.3 Å². The lowest BCUT2D eigenvalue weighted by Crippen LogP contribution is -2.42. The number of carbonyl (C=O) groups is 3. The number of nitrogens with one attached hydrogen (secondary N) is 2. The first kappa shape index (κ1) is 17.1. The monoisotopic (exact) mass is 315 g/mol. The highest BCUT2D eigenvalue weighted by Crippen LogP contribution is 2.24. The van der Waals surface area contributed by atoms with Gasteiger partial charge in [0, 0.05) is 4.88 Å². The summed E-state index contributed by atoms with van der Waals surface area (Å²) in [5.74, 6) is -1.89. The molecule has 0 radical (unpaired) electrons. The molecular weight excluding hydrogens is 298 g/mol. The maximum atomic E-state index is 11.6. The van der Waals surface area contributed by atoms with Gasteiger partial charge in [0.15, 0.2) is 0 Å². The van der Waals surface area contributed by atoms with Gasteiger partial charge in [-0.3, -0.25) is 10.1 Å². The molecule has 8 nitrogen and oxygen atoms in total. The van der Waals surface area contributed by atoms with E-state index in [2.05, 4.69) is 20.4 Å². The predicted molar refractivity (Wildman–Crippen MR) is 75.1 cm³/mol. The highest BCUT2D eigenvalue weighted by atomic mass is 32.1. The van der Waals surface area contributed by atoms with Crippen LogP contribution in [0.25, 0.3) is 0 Å². The maximum Gasteiger partial charge on any atom is 0.329 e. The second kappa shape index (κ2) is 7.70. The Hall–Kier alpha value is -2.00. The van der Waals surface area contributed by atoms with E-state index < -0.39 is 31.1 Å². The molecule has 9 heteroatoms. The molecule has 0 saturated heterocycles. The fourth-order valence-corrected chi connectivity index (χ4v) is 2.57. The van der Waals surface area contributed by atoms with Gasteiger partial charge in [-0.1, -0.05) is 0 Å². The zero-order valence-electron chi connectivity index (χ0n) is 11.9. The molecule has 1 aromatic rings. The van der Waals surface area contributed by atoms with E-state index >= 15 is 0 Å². The topological polar surface area (TPSA) is 118 Å². The summed E-state index contributed by atoms with van der Waals surface area (Å²) in [5.41, 5.74) is 0.835. The number of amides is 3. The summed E-state index contributed by atoms with van der Waals surface area (Å²) in [4.78, 5) is 38.3. The number of carbonyl (C=O) groups excluding carboxylic acids is 2. The number of urea groups is 1. The van der Waals surface area contributed by atoms with Crippen molar-refractivity contribution >= 4 is 29.2 Å². The van der Waals surface area contributed by atoms with E-state index in [9.17, 15) is 14.4 Å². The van der Waals surface area contributed by atoms with Crippen molar-refractivity contribution in [3.05, 3.63) is 15.6 Å². The van der Waals surface area contributed by atoms with Crippen LogP contribution in [0.4, 0.5) is 4.79 Å². The average molecular weight is 315 g/mol. The van der Waals surface area contributed by atoms with Crippen molar-refractivity contribution in [2.75, 3.05) is 13.2 Å². The van der Waals surface area contributed by atoms with Gasteiger partial charge in [-0.2, -0.15) is 0 Å². The van der Waals surface area contributed by atoms with E-state index in [1.165, 1.54) is 11.3 Å². The molecule has 0 aliphatic carbocycles. The molecule has 116 valence electrons. The molecule has 1 heterocycles. The van der Waals surface area contributed by atoms with Crippen molar-refractivity contribution in [2.24, 2.45) is 0 Å². The Bertz CT molecular complexity index is 543. The quantitative estimate of drug-likeness (QED) is 0.713. The minimum absolute atomic E-state index is 0.288. The predicted octanol–water partition coefficient (Wildman–Crippen LogP) is 0.748. The van der Waals surface area contributed by atoms with Gasteiger partial charge < -0.3 is 15.2 Å². The first-order chi connectivity index (χ1) is 9.79. The molecule has 3 N–H and O–H groups in total. The second-order valence-corrected chi connectivity index (χ2v) is 5.55. The van der Waals surface area contributed by atoms with Gasteiger partial charge in [0.2, 0.25) is 0 Å². The van der Waals surface area contributed by atoms with Crippen LogP contribution in [0.3, 0.4) is 0 Å². The summed E-state index contributed by atoms with van der Waals surface area (Å²) >= 11 is 1.47. The minimum Gasteiger partial charge on any atom is -0.480 e. The van der Waals surface area contributed by atoms with E-state index in [0.29, 0.717) is 0 Å². The molecule has 1 unspecified atom stereocenters. The fourth-order valence-electron chi connectivity index (χ4n) is 1.64. The van der Waals surface area contributed by atoms with E-state index in [-0.39, 0.29) is 6.04 Å². The van der Waals surface area contributed by atoms with Crippen LogP contribution < -0.4 is 10.6 Å². The lowest BCUT2D eigenvalue weighted by Gasteiger charge is -2.13. The molecule has 0 saturated carbocycles. The lowest BCUT2D eigenvalue weighted by molar-refractivity contribution is -0.143. The Kier molecular flexibility index (Phi) is 6.25. The van der Waals surface area contributed by atoms with Gasteiger partial charge >= 0.3 is 12.0 Å². The van der Waals surface area contributed by atoms with Crippen LogP contribution >= 0.6 is 11.3 Å². The fraction of sp³-hybridized carbons (Fsp3) is 0.500. The van der Waals surface area contributed by atoms with Crippen molar-refractivity contribution in [1.29, 1.82) is 0 Å². The van der Waals surface area contributed by atoms with Crippen molar-refractivity contribution in [3.63, 3.8) is 0 Å². The van der Waals surface area contributed by atoms with Crippen molar-refractivity contribution in [2.45, 2.75) is 26.8 Å². The molecule has 3 amide bonds. The van der Waals surface area contributed by atoms with Gasteiger partial charge in [-0.25, -0.2) is 14.6 Å². The van der Waals surface area contributed by atoms with Crippen LogP contribution in [0.2, 0.25) is 0 Å². The number of imide groups is 1. The Morgan fingerprint density at radius 3 is 2.52 bits per heavy atom. The number of hydrogen-bond donors (Lipinski definition) is 3. The lowest BCUT2D eigenvalue weighted by atomic mass is 10.2. The number of aliphatic carboxylic acids is 1. The van der Waals surface area contributed by atoms with Crippen LogP contribution in [0.5, 0.6) is 0 Å². The smallest absolute Gasteiger partial charge is 0.329 e. The Labute approximate surface area is 125 Å². The molecule has 0 aromatic carbocycles. The number of carboxylic acids is 1.